The van der Waals surface area contributed by atoms with Gasteiger partial charge in [0.05, 0.1) is 0 Å². The highest BCUT2D eigenvalue weighted by atomic mass is 16.2. The first-order chi connectivity index (χ1) is 12.5. The van der Waals surface area contributed by atoms with Crippen molar-refractivity contribution in [2.24, 2.45) is 5.92 Å². The van der Waals surface area contributed by atoms with Gasteiger partial charge in [0.2, 0.25) is 11.8 Å². The van der Waals surface area contributed by atoms with Gasteiger partial charge in [0.1, 0.15) is 0 Å². The fourth-order valence-electron chi connectivity index (χ4n) is 3.81. The highest BCUT2D eigenvalue weighted by Gasteiger charge is 2.32. The summed E-state index contributed by atoms with van der Waals surface area (Å²) in [6.07, 6.45) is 1.42. The smallest absolute Gasteiger partial charge is 0.254 e. The molecule has 26 heavy (non-hydrogen) atoms. The average molecular weight is 357 g/mol. The molecule has 0 N–H and O–H groups in total. The molecule has 2 fully saturated rings. The molecule has 0 radical (unpaired) electrons. The third kappa shape index (κ3) is 3.89. The molecule has 1 aromatic carbocycles. The molecule has 3 rings (SSSR count). The molecule has 0 aromatic heterocycles. The SMILES string of the molecule is CC(=O)N1CCN(C(=O)C2CCN(C(=O)c3ccccc3C)CC2)CC1. The van der Waals surface area contributed by atoms with Crippen LogP contribution >= 0.6 is 0 Å². The zero-order valence-corrected chi connectivity index (χ0v) is 15.6. The van der Waals surface area contributed by atoms with Gasteiger partial charge in [-0.05, 0) is 31.4 Å². The predicted molar refractivity (Wildman–Crippen MR) is 98.6 cm³/mol. The molecule has 0 saturated carbocycles. The fourth-order valence-corrected chi connectivity index (χ4v) is 3.81. The number of rotatable bonds is 2. The number of hydrogen-bond donors (Lipinski definition) is 0. The van der Waals surface area contributed by atoms with Gasteiger partial charge in [0, 0.05) is 57.7 Å². The fraction of sp³-hybridized carbons (Fsp3) is 0.550. The molecule has 2 saturated heterocycles. The van der Waals surface area contributed by atoms with Crippen molar-refractivity contribution in [1.29, 1.82) is 0 Å². The van der Waals surface area contributed by atoms with Gasteiger partial charge in [-0.1, -0.05) is 18.2 Å². The number of hydrogen-bond acceptors (Lipinski definition) is 3. The van der Waals surface area contributed by atoms with Gasteiger partial charge in [0.25, 0.3) is 5.91 Å². The van der Waals surface area contributed by atoms with Crippen molar-refractivity contribution in [3.05, 3.63) is 35.4 Å². The molecule has 6 nitrogen and oxygen atoms in total. The number of likely N-dealkylation sites (tertiary alicyclic amines) is 1. The summed E-state index contributed by atoms with van der Waals surface area (Å²) in [5.74, 6) is 0.292. The van der Waals surface area contributed by atoms with Crippen LogP contribution in [0.4, 0.5) is 0 Å². The quantitative estimate of drug-likeness (QED) is 0.807. The van der Waals surface area contributed by atoms with E-state index in [0.29, 0.717) is 52.1 Å². The first-order valence-corrected chi connectivity index (χ1v) is 9.36. The van der Waals surface area contributed by atoms with Crippen molar-refractivity contribution >= 4 is 17.7 Å². The van der Waals surface area contributed by atoms with Gasteiger partial charge in [-0.15, -0.1) is 0 Å². The largest absolute Gasteiger partial charge is 0.339 e. The lowest BCUT2D eigenvalue weighted by atomic mass is 9.94. The van der Waals surface area contributed by atoms with Gasteiger partial charge in [-0.25, -0.2) is 0 Å². The molecular formula is C20H27N3O3. The summed E-state index contributed by atoms with van der Waals surface area (Å²) >= 11 is 0. The average Bonchev–Trinajstić information content (AvgIpc) is 2.67. The van der Waals surface area contributed by atoms with Crippen molar-refractivity contribution in [3.63, 3.8) is 0 Å². The number of aryl methyl sites for hydroxylation is 1. The van der Waals surface area contributed by atoms with E-state index in [4.69, 9.17) is 0 Å². The van der Waals surface area contributed by atoms with Crippen molar-refractivity contribution in [2.45, 2.75) is 26.7 Å². The predicted octanol–water partition coefficient (Wildman–Crippen LogP) is 1.54. The van der Waals surface area contributed by atoms with Gasteiger partial charge in [0.15, 0.2) is 0 Å². The standard InChI is InChI=1S/C20H27N3O3/c1-15-5-3-4-6-18(15)20(26)22-9-7-17(8-10-22)19(25)23-13-11-21(12-14-23)16(2)24/h3-6,17H,7-14H2,1-2H3. The minimum atomic E-state index is -0.0141. The van der Waals surface area contributed by atoms with Crippen LogP contribution in [0.5, 0.6) is 0 Å². The Balaban J connectivity index is 1.52. The van der Waals surface area contributed by atoms with Crippen molar-refractivity contribution < 1.29 is 14.4 Å². The van der Waals surface area contributed by atoms with Crippen LogP contribution in [0.15, 0.2) is 24.3 Å². The Labute approximate surface area is 154 Å². The molecule has 1 aromatic rings. The Morgan fingerprint density at radius 2 is 1.42 bits per heavy atom. The lowest BCUT2D eigenvalue weighted by Crippen LogP contribution is -2.52. The minimum absolute atomic E-state index is 0.0141. The molecule has 3 amide bonds. The highest BCUT2D eigenvalue weighted by Crippen LogP contribution is 2.22. The molecule has 2 aliphatic rings. The van der Waals surface area contributed by atoms with E-state index >= 15 is 0 Å². The molecule has 0 bridgehead atoms. The minimum Gasteiger partial charge on any atom is -0.339 e. The van der Waals surface area contributed by atoms with E-state index in [-0.39, 0.29) is 23.6 Å². The zero-order valence-electron chi connectivity index (χ0n) is 15.6. The van der Waals surface area contributed by atoms with E-state index in [1.165, 1.54) is 0 Å². The third-order valence-electron chi connectivity index (χ3n) is 5.54. The summed E-state index contributed by atoms with van der Waals surface area (Å²) in [5.41, 5.74) is 1.73. The third-order valence-corrected chi connectivity index (χ3v) is 5.54. The van der Waals surface area contributed by atoms with Crippen LogP contribution in [0.2, 0.25) is 0 Å². The van der Waals surface area contributed by atoms with Crippen LogP contribution in [0.3, 0.4) is 0 Å². The second-order valence-corrected chi connectivity index (χ2v) is 7.21. The Bertz CT molecular complexity index is 687. The summed E-state index contributed by atoms with van der Waals surface area (Å²) in [5, 5.41) is 0. The maximum Gasteiger partial charge on any atom is 0.254 e. The number of carbonyl (C=O) groups excluding carboxylic acids is 3. The van der Waals surface area contributed by atoms with Crippen molar-refractivity contribution in [3.8, 4) is 0 Å². The molecular weight excluding hydrogens is 330 g/mol. The van der Waals surface area contributed by atoms with Gasteiger partial charge < -0.3 is 14.7 Å². The van der Waals surface area contributed by atoms with E-state index in [2.05, 4.69) is 0 Å². The number of nitrogens with zero attached hydrogens (tertiary/aromatic N) is 3. The number of piperazine rings is 1. The van der Waals surface area contributed by atoms with Gasteiger partial charge in [-0.3, -0.25) is 14.4 Å². The highest BCUT2D eigenvalue weighted by molar-refractivity contribution is 5.95. The van der Waals surface area contributed by atoms with Gasteiger partial charge in [-0.2, -0.15) is 0 Å². The number of carbonyl (C=O) groups is 3. The molecule has 0 aliphatic carbocycles. The molecule has 2 aliphatic heterocycles. The number of benzene rings is 1. The van der Waals surface area contributed by atoms with Crippen LogP contribution in [0.1, 0.15) is 35.7 Å². The molecule has 0 spiro atoms. The molecule has 0 unspecified atom stereocenters. The monoisotopic (exact) mass is 357 g/mol. The molecule has 2 heterocycles. The summed E-state index contributed by atoms with van der Waals surface area (Å²) in [4.78, 5) is 42.4. The van der Waals surface area contributed by atoms with E-state index in [0.717, 1.165) is 11.1 Å². The van der Waals surface area contributed by atoms with Crippen LogP contribution < -0.4 is 0 Å². The molecule has 140 valence electrons. The summed E-state index contributed by atoms with van der Waals surface area (Å²) < 4.78 is 0. The zero-order chi connectivity index (χ0) is 18.7. The van der Waals surface area contributed by atoms with E-state index in [1.807, 2.05) is 41.0 Å². The molecule has 0 atom stereocenters. The lowest BCUT2D eigenvalue weighted by Gasteiger charge is -2.38. The topological polar surface area (TPSA) is 60.9 Å². The van der Waals surface area contributed by atoms with Crippen LogP contribution in [0.25, 0.3) is 0 Å². The van der Waals surface area contributed by atoms with Crippen molar-refractivity contribution in [2.75, 3.05) is 39.3 Å². The molecule has 6 heteroatoms. The van der Waals surface area contributed by atoms with Crippen LogP contribution in [0, 0.1) is 12.8 Å². The Hall–Kier alpha value is -2.37. The Morgan fingerprint density at radius 3 is 2.00 bits per heavy atom. The summed E-state index contributed by atoms with van der Waals surface area (Å²) in [7, 11) is 0. The number of amides is 3. The first kappa shape index (κ1) is 18.4. The van der Waals surface area contributed by atoms with Gasteiger partial charge >= 0.3 is 0 Å². The Morgan fingerprint density at radius 1 is 0.846 bits per heavy atom. The first-order valence-electron chi connectivity index (χ1n) is 9.36. The maximum absolute atomic E-state index is 12.7. The Kier molecular flexibility index (Phi) is 5.59. The number of piperidine rings is 1. The van der Waals surface area contributed by atoms with E-state index in [9.17, 15) is 14.4 Å². The summed E-state index contributed by atoms with van der Waals surface area (Å²) in [6, 6.07) is 7.63. The maximum atomic E-state index is 12.7. The van der Waals surface area contributed by atoms with Crippen LogP contribution in [-0.2, 0) is 9.59 Å². The second-order valence-electron chi connectivity index (χ2n) is 7.21. The van der Waals surface area contributed by atoms with E-state index in [1.54, 1.807) is 11.8 Å². The second kappa shape index (κ2) is 7.89. The van der Waals surface area contributed by atoms with Crippen LogP contribution in [-0.4, -0.2) is 71.7 Å². The van der Waals surface area contributed by atoms with Crippen molar-refractivity contribution in [1.82, 2.24) is 14.7 Å². The normalized spacial score (nSPS) is 18.8. The summed E-state index contributed by atoms with van der Waals surface area (Å²) in [6.45, 7) is 7.22. The lowest BCUT2D eigenvalue weighted by molar-refractivity contribution is -0.142. The van der Waals surface area contributed by atoms with E-state index < -0.39 is 0 Å².